The third kappa shape index (κ3) is 3.00. The molecule has 1 aromatic rings. The number of piperazine rings is 1. The van der Waals surface area contributed by atoms with Crippen LogP contribution in [0.3, 0.4) is 0 Å². The van der Waals surface area contributed by atoms with E-state index in [0.29, 0.717) is 0 Å². The molecule has 4 nitrogen and oxygen atoms in total. The predicted molar refractivity (Wildman–Crippen MR) is 75.8 cm³/mol. The van der Waals surface area contributed by atoms with Gasteiger partial charge in [0.1, 0.15) is 5.82 Å². The maximum absolute atomic E-state index is 6.00. The van der Waals surface area contributed by atoms with E-state index in [0.717, 1.165) is 50.5 Å². The molecule has 0 radical (unpaired) electrons. The van der Waals surface area contributed by atoms with Crippen LogP contribution in [-0.4, -0.2) is 42.6 Å². The highest BCUT2D eigenvalue weighted by atomic mass is 15.3. The summed E-state index contributed by atoms with van der Waals surface area (Å²) in [6.45, 7) is 9.87. The van der Waals surface area contributed by atoms with Crippen molar-refractivity contribution in [3.8, 4) is 0 Å². The van der Waals surface area contributed by atoms with E-state index in [9.17, 15) is 0 Å². The lowest BCUT2D eigenvalue weighted by molar-refractivity contribution is 0.270. The Labute approximate surface area is 110 Å². The van der Waals surface area contributed by atoms with Gasteiger partial charge in [-0.15, -0.1) is 0 Å². The monoisotopic (exact) mass is 248 g/mol. The SMILES string of the molecule is CCC(N)c1ccc(N2CCN(CC)CC2)nc1. The highest BCUT2D eigenvalue weighted by molar-refractivity contribution is 5.40. The fraction of sp³-hybridized carbons (Fsp3) is 0.643. The van der Waals surface area contributed by atoms with Gasteiger partial charge < -0.3 is 15.5 Å². The average Bonchev–Trinajstić information content (AvgIpc) is 2.47. The van der Waals surface area contributed by atoms with Crippen LogP contribution in [0.15, 0.2) is 18.3 Å². The van der Waals surface area contributed by atoms with Gasteiger partial charge in [-0.3, -0.25) is 0 Å². The molecule has 1 atom stereocenters. The zero-order valence-electron chi connectivity index (χ0n) is 11.5. The number of hydrogen-bond donors (Lipinski definition) is 1. The number of anilines is 1. The van der Waals surface area contributed by atoms with E-state index in [1.54, 1.807) is 0 Å². The van der Waals surface area contributed by atoms with Gasteiger partial charge in [0.2, 0.25) is 0 Å². The summed E-state index contributed by atoms with van der Waals surface area (Å²) in [5.41, 5.74) is 7.13. The van der Waals surface area contributed by atoms with E-state index in [2.05, 4.69) is 40.8 Å². The molecule has 0 amide bonds. The minimum absolute atomic E-state index is 0.114. The summed E-state index contributed by atoms with van der Waals surface area (Å²) in [4.78, 5) is 9.37. The normalized spacial score (nSPS) is 18.9. The van der Waals surface area contributed by atoms with Gasteiger partial charge in [0, 0.05) is 38.4 Å². The van der Waals surface area contributed by atoms with Crippen molar-refractivity contribution in [3.63, 3.8) is 0 Å². The highest BCUT2D eigenvalue weighted by Crippen LogP contribution is 2.17. The fourth-order valence-electron chi connectivity index (χ4n) is 2.33. The van der Waals surface area contributed by atoms with Gasteiger partial charge in [0.15, 0.2) is 0 Å². The molecule has 0 aromatic carbocycles. The van der Waals surface area contributed by atoms with Crippen LogP contribution in [0, 0.1) is 0 Å². The molecule has 0 saturated carbocycles. The van der Waals surface area contributed by atoms with Gasteiger partial charge in [0.05, 0.1) is 0 Å². The summed E-state index contributed by atoms with van der Waals surface area (Å²) >= 11 is 0. The van der Waals surface area contributed by atoms with Crippen molar-refractivity contribution < 1.29 is 0 Å². The number of aromatic nitrogens is 1. The van der Waals surface area contributed by atoms with Crippen molar-refractivity contribution in [1.29, 1.82) is 0 Å². The number of nitrogens with two attached hydrogens (primary N) is 1. The molecule has 2 rings (SSSR count). The first kappa shape index (κ1) is 13.3. The van der Waals surface area contributed by atoms with Crippen molar-refractivity contribution >= 4 is 5.82 Å². The Hall–Kier alpha value is -1.13. The van der Waals surface area contributed by atoms with Gasteiger partial charge in [-0.1, -0.05) is 19.9 Å². The van der Waals surface area contributed by atoms with E-state index in [-0.39, 0.29) is 6.04 Å². The topological polar surface area (TPSA) is 45.4 Å². The van der Waals surface area contributed by atoms with Crippen LogP contribution in [0.5, 0.6) is 0 Å². The Bertz CT molecular complexity index is 355. The van der Waals surface area contributed by atoms with Gasteiger partial charge in [-0.25, -0.2) is 4.98 Å². The summed E-state index contributed by atoms with van der Waals surface area (Å²) in [5, 5.41) is 0. The quantitative estimate of drug-likeness (QED) is 0.880. The minimum Gasteiger partial charge on any atom is -0.354 e. The molecule has 1 unspecified atom stereocenters. The summed E-state index contributed by atoms with van der Waals surface area (Å²) in [6, 6.07) is 4.33. The second-order valence-corrected chi connectivity index (χ2v) is 4.89. The number of hydrogen-bond acceptors (Lipinski definition) is 4. The minimum atomic E-state index is 0.114. The number of likely N-dealkylation sites (N-methyl/N-ethyl adjacent to an activating group) is 1. The Morgan fingerprint density at radius 1 is 1.22 bits per heavy atom. The lowest BCUT2D eigenvalue weighted by Gasteiger charge is -2.34. The standard InChI is InChI=1S/C14H24N4/c1-3-13(15)12-5-6-14(16-11-12)18-9-7-17(4-2)8-10-18/h5-6,11,13H,3-4,7-10,15H2,1-2H3. The third-order valence-corrected chi connectivity index (χ3v) is 3.78. The van der Waals surface area contributed by atoms with Crippen LogP contribution in [-0.2, 0) is 0 Å². The number of nitrogens with zero attached hydrogens (tertiary/aromatic N) is 3. The molecular weight excluding hydrogens is 224 g/mol. The van der Waals surface area contributed by atoms with Crippen LogP contribution in [0.25, 0.3) is 0 Å². The molecule has 1 saturated heterocycles. The van der Waals surface area contributed by atoms with Crippen molar-refractivity contribution in [2.24, 2.45) is 5.73 Å². The third-order valence-electron chi connectivity index (χ3n) is 3.78. The smallest absolute Gasteiger partial charge is 0.128 e. The van der Waals surface area contributed by atoms with Gasteiger partial charge in [-0.05, 0) is 24.6 Å². The maximum Gasteiger partial charge on any atom is 0.128 e. The largest absolute Gasteiger partial charge is 0.354 e. The molecule has 1 fully saturated rings. The Balaban J connectivity index is 1.98. The summed E-state index contributed by atoms with van der Waals surface area (Å²) in [5.74, 6) is 1.08. The van der Waals surface area contributed by atoms with Gasteiger partial charge in [0.25, 0.3) is 0 Å². The zero-order valence-corrected chi connectivity index (χ0v) is 11.5. The van der Waals surface area contributed by atoms with Crippen molar-refractivity contribution in [3.05, 3.63) is 23.9 Å². The Morgan fingerprint density at radius 3 is 2.44 bits per heavy atom. The molecule has 0 bridgehead atoms. The molecule has 4 heteroatoms. The average molecular weight is 248 g/mol. The molecule has 1 aromatic heterocycles. The first-order valence-corrected chi connectivity index (χ1v) is 6.93. The van der Waals surface area contributed by atoms with E-state index >= 15 is 0 Å². The van der Waals surface area contributed by atoms with Crippen LogP contribution >= 0.6 is 0 Å². The summed E-state index contributed by atoms with van der Waals surface area (Å²) in [7, 11) is 0. The first-order chi connectivity index (χ1) is 8.74. The van der Waals surface area contributed by atoms with Crippen LogP contribution in [0.2, 0.25) is 0 Å². The van der Waals surface area contributed by atoms with E-state index in [1.165, 1.54) is 0 Å². The highest BCUT2D eigenvalue weighted by Gasteiger charge is 2.16. The van der Waals surface area contributed by atoms with Crippen molar-refractivity contribution in [1.82, 2.24) is 9.88 Å². The van der Waals surface area contributed by atoms with E-state index in [1.807, 2.05) is 6.20 Å². The van der Waals surface area contributed by atoms with Crippen LogP contribution in [0.1, 0.15) is 31.9 Å². The fourth-order valence-corrected chi connectivity index (χ4v) is 2.33. The Morgan fingerprint density at radius 2 is 1.94 bits per heavy atom. The Kier molecular flexibility index (Phi) is 4.55. The number of rotatable bonds is 4. The van der Waals surface area contributed by atoms with E-state index in [4.69, 9.17) is 5.73 Å². The molecule has 1 aliphatic heterocycles. The van der Waals surface area contributed by atoms with Gasteiger partial charge >= 0.3 is 0 Å². The summed E-state index contributed by atoms with van der Waals surface area (Å²) < 4.78 is 0. The lowest BCUT2D eigenvalue weighted by Crippen LogP contribution is -2.46. The molecule has 2 N–H and O–H groups in total. The van der Waals surface area contributed by atoms with Crippen molar-refractivity contribution in [2.75, 3.05) is 37.6 Å². The van der Waals surface area contributed by atoms with Crippen molar-refractivity contribution in [2.45, 2.75) is 26.3 Å². The van der Waals surface area contributed by atoms with Crippen LogP contribution < -0.4 is 10.6 Å². The molecule has 18 heavy (non-hydrogen) atoms. The molecule has 1 aliphatic rings. The maximum atomic E-state index is 6.00. The second-order valence-electron chi connectivity index (χ2n) is 4.89. The molecule has 0 spiro atoms. The lowest BCUT2D eigenvalue weighted by atomic mass is 10.1. The first-order valence-electron chi connectivity index (χ1n) is 6.93. The van der Waals surface area contributed by atoms with Crippen LogP contribution in [0.4, 0.5) is 5.82 Å². The van der Waals surface area contributed by atoms with E-state index < -0.39 is 0 Å². The summed E-state index contributed by atoms with van der Waals surface area (Å²) in [6.07, 6.45) is 2.88. The molecular formula is C14H24N4. The molecule has 0 aliphatic carbocycles. The van der Waals surface area contributed by atoms with Gasteiger partial charge in [-0.2, -0.15) is 0 Å². The molecule has 100 valence electrons. The second kappa shape index (κ2) is 6.16. The predicted octanol–water partition coefficient (Wildman–Crippen LogP) is 1.63. The molecule has 2 heterocycles. The zero-order chi connectivity index (χ0) is 13.0. The number of pyridine rings is 1.